The predicted molar refractivity (Wildman–Crippen MR) is 128 cm³/mol. The van der Waals surface area contributed by atoms with Crippen molar-refractivity contribution in [3.05, 3.63) is 66.0 Å². The number of carboxylic acids is 1. The number of aromatic nitrogens is 2. The van der Waals surface area contributed by atoms with Gasteiger partial charge in [-0.3, -0.25) is 14.6 Å². The molecule has 1 aliphatic carbocycles. The highest BCUT2D eigenvalue weighted by Crippen LogP contribution is 2.36. The van der Waals surface area contributed by atoms with E-state index in [2.05, 4.69) is 20.6 Å². The van der Waals surface area contributed by atoms with E-state index in [1.807, 2.05) is 48.5 Å². The van der Waals surface area contributed by atoms with Crippen LogP contribution >= 0.6 is 0 Å². The van der Waals surface area contributed by atoms with E-state index in [0.717, 1.165) is 23.9 Å². The molecule has 1 aliphatic rings. The van der Waals surface area contributed by atoms with Crippen molar-refractivity contribution in [2.45, 2.75) is 51.0 Å². The van der Waals surface area contributed by atoms with Gasteiger partial charge >= 0.3 is 5.97 Å². The molecule has 1 fully saturated rings. The highest BCUT2D eigenvalue weighted by molar-refractivity contribution is 6.03. The topological polar surface area (TPSA) is 121 Å². The number of aliphatic carboxylic acids is 1. The molecule has 2 amide bonds. The molecule has 176 valence electrons. The van der Waals surface area contributed by atoms with Crippen LogP contribution in [0.15, 0.2) is 54.7 Å². The molecule has 0 unspecified atom stereocenters. The molecule has 0 saturated heterocycles. The minimum Gasteiger partial charge on any atom is -0.480 e. The van der Waals surface area contributed by atoms with Crippen molar-refractivity contribution in [1.82, 2.24) is 15.3 Å². The van der Waals surface area contributed by atoms with Crippen molar-refractivity contribution in [3.8, 4) is 0 Å². The van der Waals surface area contributed by atoms with Gasteiger partial charge < -0.3 is 15.7 Å². The van der Waals surface area contributed by atoms with E-state index in [9.17, 15) is 19.5 Å². The van der Waals surface area contributed by atoms with Gasteiger partial charge in [0.05, 0.1) is 17.2 Å². The third-order valence-electron chi connectivity index (χ3n) is 6.39. The van der Waals surface area contributed by atoms with E-state index in [1.165, 1.54) is 20.0 Å². The number of anilines is 1. The number of hydrogen-bond donors (Lipinski definition) is 3. The van der Waals surface area contributed by atoms with Crippen molar-refractivity contribution in [1.29, 1.82) is 0 Å². The number of benzene rings is 2. The Kier molecular flexibility index (Phi) is 6.58. The fourth-order valence-corrected chi connectivity index (χ4v) is 4.25. The van der Waals surface area contributed by atoms with Crippen LogP contribution in [-0.2, 0) is 9.59 Å². The average Bonchev–Trinajstić information content (AvgIpc) is 2.84. The average molecular weight is 461 g/mol. The summed E-state index contributed by atoms with van der Waals surface area (Å²) in [6.45, 7) is 2.98. The van der Waals surface area contributed by atoms with Gasteiger partial charge in [-0.15, -0.1) is 0 Å². The second kappa shape index (κ2) is 9.59. The maximum Gasteiger partial charge on any atom is 0.328 e. The number of amides is 2. The molecule has 4 rings (SSSR count). The summed E-state index contributed by atoms with van der Waals surface area (Å²) in [5, 5.41) is 14.7. The van der Waals surface area contributed by atoms with E-state index in [0.29, 0.717) is 30.0 Å². The molecule has 0 spiro atoms. The molecule has 0 radical (unpaired) electrons. The molecule has 0 aliphatic heterocycles. The van der Waals surface area contributed by atoms with Crippen LogP contribution in [0.3, 0.4) is 0 Å². The van der Waals surface area contributed by atoms with Crippen LogP contribution in [0.1, 0.15) is 61.5 Å². The Bertz CT molecular complexity index is 1210. The second-order valence-corrected chi connectivity index (χ2v) is 9.29. The number of nitrogens with zero attached hydrogens (tertiary/aromatic N) is 2. The van der Waals surface area contributed by atoms with Gasteiger partial charge in [-0.25, -0.2) is 9.78 Å². The molecule has 34 heavy (non-hydrogen) atoms. The van der Waals surface area contributed by atoms with Crippen LogP contribution in [0.25, 0.3) is 11.0 Å². The van der Waals surface area contributed by atoms with Gasteiger partial charge in [-0.05, 0) is 75.3 Å². The number of rotatable bonds is 6. The van der Waals surface area contributed by atoms with Crippen LogP contribution in [0.4, 0.5) is 5.69 Å². The van der Waals surface area contributed by atoms with E-state index in [1.54, 1.807) is 0 Å². The first kappa shape index (κ1) is 23.4. The lowest BCUT2D eigenvalue weighted by Gasteiger charge is -2.30. The van der Waals surface area contributed by atoms with Crippen LogP contribution in [-0.4, -0.2) is 38.4 Å². The molecule has 3 aromatic rings. The van der Waals surface area contributed by atoms with Crippen LogP contribution < -0.4 is 10.6 Å². The molecule has 8 nitrogen and oxygen atoms in total. The third kappa shape index (κ3) is 5.22. The van der Waals surface area contributed by atoms with E-state index in [-0.39, 0.29) is 23.4 Å². The van der Waals surface area contributed by atoms with Crippen LogP contribution in [0, 0.1) is 5.92 Å². The lowest BCUT2D eigenvalue weighted by molar-refractivity contribution is -0.146. The summed E-state index contributed by atoms with van der Waals surface area (Å²) in [5.74, 6) is -1.40. The molecule has 8 heteroatoms. The zero-order chi connectivity index (χ0) is 24.3. The molecular weight excluding hydrogens is 432 g/mol. The van der Waals surface area contributed by atoms with Crippen molar-refractivity contribution in [3.63, 3.8) is 0 Å². The second-order valence-electron chi connectivity index (χ2n) is 9.29. The summed E-state index contributed by atoms with van der Waals surface area (Å²) in [6.07, 6.45) is 4.60. The summed E-state index contributed by atoms with van der Waals surface area (Å²) in [5.41, 5.74) is 2.22. The zero-order valence-corrected chi connectivity index (χ0v) is 19.2. The molecule has 1 aromatic heterocycles. The molecule has 0 bridgehead atoms. The van der Waals surface area contributed by atoms with Gasteiger partial charge in [0.15, 0.2) is 0 Å². The number of fused-ring (bicyclic) bond motifs is 1. The Morgan fingerprint density at radius 2 is 1.59 bits per heavy atom. The number of para-hydroxylation sites is 2. The first-order chi connectivity index (χ1) is 16.2. The monoisotopic (exact) mass is 460 g/mol. The summed E-state index contributed by atoms with van der Waals surface area (Å²) in [7, 11) is 0. The molecule has 0 atom stereocenters. The number of hydrogen-bond acceptors (Lipinski definition) is 5. The number of nitrogens with one attached hydrogen (secondary N) is 2. The summed E-state index contributed by atoms with van der Waals surface area (Å²) < 4.78 is 0. The largest absolute Gasteiger partial charge is 0.480 e. The fraction of sp³-hybridized carbons (Fsp3) is 0.346. The third-order valence-corrected chi connectivity index (χ3v) is 6.39. The Labute approximate surface area is 197 Å². The first-order valence-electron chi connectivity index (χ1n) is 11.4. The van der Waals surface area contributed by atoms with Crippen molar-refractivity contribution in [2.75, 3.05) is 5.32 Å². The highest BCUT2D eigenvalue weighted by Gasteiger charge is 2.33. The summed E-state index contributed by atoms with van der Waals surface area (Å²) >= 11 is 0. The molecule has 1 saturated carbocycles. The number of carbonyl (C=O) groups is 3. The lowest BCUT2D eigenvalue weighted by atomic mass is 9.78. The Hall–Kier alpha value is -3.81. The zero-order valence-electron chi connectivity index (χ0n) is 19.2. The van der Waals surface area contributed by atoms with E-state index >= 15 is 0 Å². The minimum atomic E-state index is -1.27. The maximum absolute atomic E-state index is 12.6. The summed E-state index contributed by atoms with van der Waals surface area (Å²) in [4.78, 5) is 45.0. The van der Waals surface area contributed by atoms with Gasteiger partial charge in [0.25, 0.3) is 5.91 Å². The Balaban J connectivity index is 1.32. The van der Waals surface area contributed by atoms with Crippen molar-refractivity contribution < 1.29 is 19.5 Å². The van der Waals surface area contributed by atoms with Gasteiger partial charge in [-0.2, -0.15) is 0 Å². The van der Waals surface area contributed by atoms with Crippen LogP contribution in [0.5, 0.6) is 0 Å². The van der Waals surface area contributed by atoms with E-state index in [4.69, 9.17) is 0 Å². The van der Waals surface area contributed by atoms with E-state index < -0.39 is 11.5 Å². The smallest absolute Gasteiger partial charge is 0.328 e. The Morgan fingerprint density at radius 3 is 2.24 bits per heavy atom. The minimum absolute atomic E-state index is 0.170. The lowest BCUT2D eigenvalue weighted by Crippen LogP contribution is -2.51. The van der Waals surface area contributed by atoms with Gasteiger partial charge in [0, 0.05) is 11.6 Å². The SMILES string of the molecule is CC(C)(NC(=O)[C@H]1CC[C@H](c2ccc(NC(=O)c3cnc4ccccc4n3)cc2)CC1)C(=O)O. The predicted octanol–water partition coefficient (Wildman–Crippen LogP) is 4.14. The quantitative estimate of drug-likeness (QED) is 0.508. The van der Waals surface area contributed by atoms with Crippen molar-refractivity contribution >= 4 is 34.5 Å². The molecule has 2 aromatic carbocycles. The van der Waals surface area contributed by atoms with Crippen LogP contribution in [0.2, 0.25) is 0 Å². The van der Waals surface area contributed by atoms with Gasteiger partial charge in [0.2, 0.25) is 5.91 Å². The maximum atomic E-state index is 12.6. The molecule has 1 heterocycles. The normalized spacial score (nSPS) is 18.3. The first-order valence-corrected chi connectivity index (χ1v) is 11.4. The Morgan fingerprint density at radius 1 is 0.941 bits per heavy atom. The highest BCUT2D eigenvalue weighted by atomic mass is 16.4. The molecular formula is C26H28N4O4. The van der Waals surface area contributed by atoms with Gasteiger partial charge in [-0.1, -0.05) is 24.3 Å². The number of carboxylic acid groups (broad SMARTS) is 1. The molecule has 3 N–H and O–H groups in total. The fourth-order valence-electron chi connectivity index (χ4n) is 4.25. The summed E-state index contributed by atoms with van der Waals surface area (Å²) in [6, 6.07) is 15.1. The van der Waals surface area contributed by atoms with Gasteiger partial charge in [0.1, 0.15) is 11.2 Å². The number of carbonyl (C=O) groups excluding carboxylic acids is 2. The standard InChI is InChI=1S/C26H28N4O4/c1-26(2,25(33)34)30-23(31)18-9-7-16(8-10-18)17-11-13-19(14-12-17)28-24(32)22-15-27-20-5-3-4-6-21(20)29-22/h3-6,11-16,18H,7-10H2,1-2H3,(H,28,32)(H,30,31)(H,33,34)/t16-,18-. The van der Waals surface area contributed by atoms with Crippen molar-refractivity contribution in [2.24, 2.45) is 5.92 Å².